The quantitative estimate of drug-likeness (QED) is 0.858. The molecule has 1 N–H and O–H groups in total. The normalized spacial score (nSPS) is 10.3. The number of hydrogen-bond acceptors (Lipinski definition) is 6. The Hall–Kier alpha value is -2.48. The van der Waals surface area contributed by atoms with Crippen molar-refractivity contribution in [3.05, 3.63) is 44.9 Å². The Labute approximate surface area is 130 Å². The Balaban J connectivity index is 2.15. The highest BCUT2D eigenvalue weighted by Crippen LogP contribution is 2.23. The van der Waals surface area contributed by atoms with Crippen LogP contribution in [0.25, 0.3) is 0 Å². The summed E-state index contributed by atoms with van der Waals surface area (Å²) in [4.78, 5) is 39.7. The van der Waals surface area contributed by atoms with E-state index in [0.717, 1.165) is 0 Å². The number of hydrogen-bond donors (Lipinski definition) is 1. The molecular weight excluding hydrogens is 306 g/mol. The maximum absolute atomic E-state index is 12.0. The third-order valence-electron chi connectivity index (χ3n) is 3.15. The van der Waals surface area contributed by atoms with E-state index in [1.165, 1.54) is 29.3 Å². The molecule has 0 aromatic carbocycles. The van der Waals surface area contributed by atoms with Gasteiger partial charge >= 0.3 is 5.97 Å². The molecular formula is C14H15N3O4S. The molecule has 0 bridgehead atoms. The summed E-state index contributed by atoms with van der Waals surface area (Å²) in [6, 6.07) is 1.57. The highest BCUT2D eigenvalue weighted by molar-refractivity contribution is 7.14. The lowest BCUT2D eigenvalue weighted by molar-refractivity contribution is -0.116. The third-order valence-corrected chi connectivity index (χ3v) is 3.98. The van der Waals surface area contributed by atoms with Crippen LogP contribution in [-0.2, 0) is 16.1 Å². The van der Waals surface area contributed by atoms with Crippen LogP contribution in [0, 0.1) is 13.8 Å². The van der Waals surface area contributed by atoms with E-state index in [2.05, 4.69) is 15.0 Å². The third kappa shape index (κ3) is 3.22. The Morgan fingerprint density at radius 2 is 2.14 bits per heavy atom. The van der Waals surface area contributed by atoms with Crippen LogP contribution >= 0.6 is 11.3 Å². The fraction of sp³-hybridized carbons (Fsp3) is 0.286. The molecule has 0 aliphatic carbocycles. The number of methoxy groups -OCH3 is 1. The first-order valence-electron chi connectivity index (χ1n) is 6.42. The van der Waals surface area contributed by atoms with Crippen molar-refractivity contribution < 1.29 is 14.3 Å². The second-order valence-electron chi connectivity index (χ2n) is 4.59. The number of rotatable bonds is 4. The van der Waals surface area contributed by atoms with Crippen molar-refractivity contribution in [1.29, 1.82) is 0 Å². The van der Waals surface area contributed by atoms with Crippen LogP contribution in [0.2, 0.25) is 0 Å². The summed E-state index contributed by atoms with van der Waals surface area (Å²) in [6.07, 6.45) is 1.33. The van der Waals surface area contributed by atoms with Gasteiger partial charge in [0.2, 0.25) is 5.91 Å². The molecule has 0 unspecified atom stereocenters. The first-order chi connectivity index (χ1) is 10.4. The average molecular weight is 321 g/mol. The predicted molar refractivity (Wildman–Crippen MR) is 82.3 cm³/mol. The molecule has 0 radical (unpaired) electrons. The maximum atomic E-state index is 12.0. The maximum Gasteiger partial charge on any atom is 0.340 e. The first-order valence-corrected chi connectivity index (χ1v) is 7.30. The largest absolute Gasteiger partial charge is 0.465 e. The van der Waals surface area contributed by atoms with Gasteiger partial charge in [-0.3, -0.25) is 14.2 Å². The standard InChI is InChI=1S/C14H15N3O4S/c1-8-9(2)15-7-17(13(8)19)6-11(18)16-12-10(4-5-22-12)14(20)21-3/h4-5,7H,6H2,1-3H3,(H,16,18). The van der Waals surface area contributed by atoms with Crippen molar-refractivity contribution in [3.63, 3.8) is 0 Å². The van der Waals surface area contributed by atoms with Gasteiger partial charge in [0, 0.05) is 11.3 Å². The fourth-order valence-corrected chi connectivity index (χ4v) is 2.58. The zero-order valence-electron chi connectivity index (χ0n) is 12.4. The van der Waals surface area contributed by atoms with Crippen molar-refractivity contribution >= 4 is 28.2 Å². The van der Waals surface area contributed by atoms with E-state index in [9.17, 15) is 14.4 Å². The topological polar surface area (TPSA) is 90.3 Å². The smallest absolute Gasteiger partial charge is 0.340 e. The van der Waals surface area contributed by atoms with Crippen LogP contribution in [0.3, 0.4) is 0 Å². The molecule has 0 saturated heterocycles. The number of anilines is 1. The van der Waals surface area contributed by atoms with Gasteiger partial charge in [-0.1, -0.05) is 0 Å². The van der Waals surface area contributed by atoms with E-state index in [0.29, 0.717) is 16.3 Å². The number of nitrogens with zero attached hydrogens (tertiary/aromatic N) is 2. The van der Waals surface area contributed by atoms with E-state index in [1.807, 2.05) is 0 Å². The lowest BCUT2D eigenvalue weighted by atomic mass is 10.3. The molecule has 0 spiro atoms. The number of carbonyl (C=O) groups excluding carboxylic acids is 2. The summed E-state index contributed by atoms with van der Waals surface area (Å²) in [5.41, 5.74) is 1.16. The van der Waals surface area contributed by atoms with Gasteiger partial charge in [0.1, 0.15) is 11.5 Å². The van der Waals surface area contributed by atoms with Crippen LogP contribution in [0.4, 0.5) is 5.00 Å². The van der Waals surface area contributed by atoms with Crippen LogP contribution in [0.5, 0.6) is 0 Å². The number of aryl methyl sites for hydroxylation is 1. The predicted octanol–water partition coefficient (Wildman–Crippen LogP) is 1.35. The van der Waals surface area contributed by atoms with Crippen LogP contribution in [0.15, 0.2) is 22.6 Å². The van der Waals surface area contributed by atoms with Gasteiger partial charge in [0.05, 0.1) is 19.0 Å². The van der Waals surface area contributed by atoms with Crippen molar-refractivity contribution in [3.8, 4) is 0 Å². The highest BCUT2D eigenvalue weighted by Gasteiger charge is 2.16. The zero-order chi connectivity index (χ0) is 16.3. The molecule has 0 aliphatic rings. The molecule has 0 atom stereocenters. The lowest BCUT2D eigenvalue weighted by Gasteiger charge is -2.08. The molecule has 2 rings (SSSR count). The van der Waals surface area contributed by atoms with Crippen LogP contribution in [-0.4, -0.2) is 28.5 Å². The van der Waals surface area contributed by atoms with Crippen molar-refractivity contribution in [2.75, 3.05) is 12.4 Å². The monoisotopic (exact) mass is 321 g/mol. The van der Waals surface area contributed by atoms with Crippen molar-refractivity contribution in [1.82, 2.24) is 9.55 Å². The zero-order valence-corrected chi connectivity index (χ0v) is 13.2. The Morgan fingerprint density at radius 1 is 1.41 bits per heavy atom. The van der Waals surface area contributed by atoms with Gasteiger partial charge < -0.3 is 10.1 Å². The Bertz CT molecular complexity index is 779. The minimum absolute atomic E-state index is 0.175. The van der Waals surface area contributed by atoms with Crippen LogP contribution < -0.4 is 10.9 Å². The second kappa shape index (κ2) is 6.52. The molecule has 0 aliphatic heterocycles. The summed E-state index contributed by atoms with van der Waals surface area (Å²) >= 11 is 1.21. The van der Waals surface area contributed by atoms with E-state index in [1.54, 1.807) is 25.3 Å². The molecule has 8 heteroatoms. The van der Waals surface area contributed by atoms with Gasteiger partial charge in [0.15, 0.2) is 0 Å². The number of carbonyl (C=O) groups is 2. The average Bonchev–Trinajstić information content (AvgIpc) is 2.95. The molecule has 2 heterocycles. The number of esters is 1. The summed E-state index contributed by atoms with van der Waals surface area (Å²) < 4.78 is 5.86. The van der Waals surface area contributed by atoms with E-state index >= 15 is 0 Å². The molecule has 22 heavy (non-hydrogen) atoms. The number of aromatic nitrogens is 2. The summed E-state index contributed by atoms with van der Waals surface area (Å²) in [7, 11) is 1.27. The number of nitrogens with one attached hydrogen (secondary N) is 1. The molecule has 0 fully saturated rings. The minimum Gasteiger partial charge on any atom is -0.465 e. The highest BCUT2D eigenvalue weighted by atomic mass is 32.1. The number of thiophene rings is 1. The lowest BCUT2D eigenvalue weighted by Crippen LogP contribution is -2.29. The first kappa shape index (κ1) is 15.9. The van der Waals surface area contributed by atoms with E-state index in [4.69, 9.17) is 0 Å². The SMILES string of the molecule is COC(=O)c1ccsc1NC(=O)Cn1cnc(C)c(C)c1=O. The van der Waals surface area contributed by atoms with Gasteiger partial charge in [-0.05, 0) is 25.3 Å². The van der Waals surface area contributed by atoms with Crippen LogP contribution in [0.1, 0.15) is 21.6 Å². The van der Waals surface area contributed by atoms with Gasteiger partial charge in [0.25, 0.3) is 5.56 Å². The molecule has 2 aromatic rings. The number of ether oxygens (including phenoxy) is 1. The summed E-state index contributed by atoms with van der Waals surface area (Å²) in [5, 5.41) is 4.67. The molecule has 1 amide bonds. The summed E-state index contributed by atoms with van der Waals surface area (Å²) in [5.74, 6) is -0.943. The molecule has 0 saturated carbocycles. The Kier molecular flexibility index (Phi) is 4.71. The van der Waals surface area contributed by atoms with E-state index in [-0.39, 0.29) is 17.7 Å². The molecule has 2 aromatic heterocycles. The number of amides is 1. The van der Waals surface area contributed by atoms with Gasteiger partial charge in [-0.2, -0.15) is 0 Å². The van der Waals surface area contributed by atoms with Crippen molar-refractivity contribution in [2.24, 2.45) is 0 Å². The second-order valence-corrected chi connectivity index (χ2v) is 5.51. The Morgan fingerprint density at radius 3 is 2.82 bits per heavy atom. The van der Waals surface area contributed by atoms with E-state index < -0.39 is 11.9 Å². The fourth-order valence-electron chi connectivity index (χ4n) is 1.79. The molecule has 7 nitrogen and oxygen atoms in total. The summed E-state index contributed by atoms with van der Waals surface area (Å²) in [6.45, 7) is 3.22. The molecule has 116 valence electrons. The van der Waals surface area contributed by atoms with Crippen molar-refractivity contribution in [2.45, 2.75) is 20.4 Å². The van der Waals surface area contributed by atoms with Gasteiger partial charge in [-0.15, -0.1) is 11.3 Å². The van der Waals surface area contributed by atoms with Gasteiger partial charge in [-0.25, -0.2) is 9.78 Å². The minimum atomic E-state index is -0.526.